The Kier molecular flexibility index (Phi) is 6.42. The van der Waals surface area contributed by atoms with Gasteiger partial charge in [0, 0.05) is 24.2 Å². The highest BCUT2D eigenvalue weighted by molar-refractivity contribution is 6.30. The molecule has 3 aromatic rings. The molecule has 0 aliphatic carbocycles. The first-order valence-electron chi connectivity index (χ1n) is 10.2. The number of hydrogen-bond donors (Lipinski definition) is 1. The van der Waals surface area contributed by atoms with Crippen molar-refractivity contribution in [2.24, 2.45) is 0 Å². The third-order valence-electron chi connectivity index (χ3n) is 5.40. The molecule has 1 unspecified atom stereocenters. The van der Waals surface area contributed by atoms with Gasteiger partial charge in [-0.15, -0.1) is 0 Å². The van der Waals surface area contributed by atoms with E-state index in [-0.39, 0.29) is 24.2 Å². The summed E-state index contributed by atoms with van der Waals surface area (Å²) >= 11 is 5.92. The summed E-state index contributed by atoms with van der Waals surface area (Å²) in [6.07, 6.45) is 0.274. The Bertz CT molecular complexity index is 1050. The first kappa shape index (κ1) is 21.2. The van der Waals surface area contributed by atoms with Gasteiger partial charge in [-0.1, -0.05) is 53.6 Å². The van der Waals surface area contributed by atoms with Gasteiger partial charge in [-0.3, -0.25) is 4.79 Å². The maximum absolute atomic E-state index is 13.7. The molecule has 0 aromatic heterocycles. The van der Waals surface area contributed by atoms with Crippen molar-refractivity contribution < 1.29 is 13.9 Å². The third kappa shape index (κ3) is 5.36. The topological polar surface area (TPSA) is 41.6 Å². The lowest BCUT2D eigenvalue weighted by atomic mass is 10.1. The second-order valence-corrected chi connectivity index (χ2v) is 8.23. The molecule has 31 heavy (non-hydrogen) atoms. The summed E-state index contributed by atoms with van der Waals surface area (Å²) in [5.41, 5.74) is 4.08. The molecule has 6 heteroatoms. The fraction of sp³-hybridized carbons (Fsp3) is 0.240. The van der Waals surface area contributed by atoms with E-state index in [4.69, 9.17) is 16.3 Å². The number of aryl methyl sites for hydroxylation is 1. The molecule has 0 saturated heterocycles. The molecule has 1 atom stereocenters. The number of nitrogens with one attached hydrogen (secondary N) is 1. The summed E-state index contributed by atoms with van der Waals surface area (Å²) in [5, 5.41) is 3.63. The van der Waals surface area contributed by atoms with Gasteiger partial charge in [0.15, 0.2) is 0 Å². The summed E-state index contributed by atoms with van der Waals surface area (Å²) in [6, 6.07) is 20.0. The van der Waals surface area contributed by atoms with E-state index in [1.165, 1.54) is 17.7 Å². The van der Waals surface area contributed by atoms with E-state index < -0.39 is 0 Å². The Hall–Kier alpha value is -3.05. The van der Waals surface area contributed by atoms with Gasteiger partial charge in [0.05, 0.1) is 18.2 Å². The molecule has 0 bridgehead atoms. The van der Waals surface area contributed by atoms with Crippen molar-refractivity contribution >= 4 is 23.2 Å². The fourth-order valence-corrected chi connectivity index (χ4v) is 3.80. The van der Waals surface area contributed by atoms with Crippen LogP contribution in [-0.2, 0) is 17.9 Å². The molecule has 4 nitrogen and oxygen atoms in total. The third-order valence-corrected chi connectivity index (χ3v) is 5.65. The summed E-state index contributed by atoms with van der Waals surface area (Å²) in [6.45, 7) is 3.40. The van der Waals surface area contributed by atoms with Crippen molar-refractivity contribution in [3.8, 4) is 5.75 Å². The summed E-state index contributed by atoms with van der Waals surface area (Å²) in [7, 11) is 0. The predicted octanol–water partition coefficient (Wildman–Crippen LogP) is 5.26. The van der Waals surface area contributed by atoms with Gasteiger partial charge in [0.1, 0.15) is 18.2 Å². The Morgan fingerprint density at radius 1 is 1.10 bits per heavy atom. The van der Waals surface area contributed by atoms with Crippen LogP contribution in [0.4, 0.5) is 10.1 Å². The molecule has 0 fully saturated rings. The van der Waals surface area contributed by atoms with Crippen molar-refractivity contribution in [3.05, 3.63) is 94.3 Å². The van der Waals surface area contributed by atoms with Gasteiger partial charge < -0.3 is 15.0 Å². The lowest BCUT2D eigenvalue weighted by Gasteiger charge is -2.38. The standard InChI is InChI=1S/C25H24ClFN2O2/c1-17-2-4-19(5-3-17)15-29-22(16-31-24-12-21(27)10-11-23(24)29)13-25(30)28-14-18-6-8-20(26)9-7-18/h2-12,22H,13-16H2,1H3,(H,28,30). The number of rotatable bonds is 6. The minimum Gasteiger partial charge on any atom is -0.489 e. The molecular weight excluding hydrogens is 415 g/mol. The van der Waals surface area contributed by atoms with Crippen molar-refractivity contribution in [2.75, 3.05) is 11.5 Å². The summed E-state index contributed by atoms with van der Waals surface area (Å²) in [5.74, 6) is 0.0983. The number of hydrogen-bond acceptors (Lipinski definition) is 3. The lowest BCUT2D eigenvalue weighted by Crippen LogP contribution is -2.45. The number of ether oxygens (including phenoxy) is 1. The number of halogens is 2. The van der Waals surface area contributed by atoms with E-state index >= 15 is 0 Å². The van der Waals surface area contributed by atoms with E-state index in [2.05, 4.69) is 34.5 Å². The zero-order valence-corrected chi connectivity index (χ0v) is 18.0. The van der Waals surface area contributed by atoms with Crippen LogP contribution in [0.1, 0.15) is 23.1 Å². The van der Waals surface area contributed by atoms with E-state index in [0.29, 0.717) is 30.5 Å². The average Bonchev–Trinajstić information content (AvgIpc) is 2.76. The monoisotopic (exact) mass is 438 g/mol. The maximum atomic E-state index is 13.7. The Labute approximate surface area is 186 Å². The van der Waals surface area contributed by atoms with Crippen LogP contribution in [0, 0.1) is 12.7 Å². The molecule has 3 aromatic carbocycles. The fourth-order valence-electron chi connectivity index (χ4n) is 3.68. The molecule has 4 rings (SSSR count). The van der Waals surface area contributed by atoms with Crippen LogP contribution in [0.2, 0.25) is 5.02 Å². The largest absolute Gasteiger partial charge is 0.489 e. The van der Waals surface area contributed by atoms with Crippen LogP contribution in [0.3, 0.4) is 0 Å². The average molecular weight is 439 g/mol. The van der Waals surface area contributed by atoms with E-state index in [0.717, 1.165) is 16.8 Å². The smallest absolute Gasteiger partial charge is 0.222 e. The molecule has 1 N–H and O–H groups in total. The Morgan fingerprint density at radius 2 is 1.81 bits per heavy atom. The van der Waals surface area contributed by atoms with E-state index in [1.54, 1.807) is 18.2 Å². The second-order valence-electron chi connectivity index (χ2n) is 7.80. The molecule has 1 amide bonds. The van der Waals surface area contributed by atoms with Gasteiger partial charge in [0.2, 0.25) is 5.91 Å². The normalized spacial score (nSPS) is 15.2. The summed E-state index contributed by atoms with van der Waals surface area (Å²) in [4.78, 5) is 14.8. The number of benzene rings is 3. The highest BCUT2D eigenvalue weighted by Crippen LogP contribution is 2.36. The highest BCUT2D eigenvalue weighted by Gasteiger charge is 2.29. The molecule has 1 aliphatic heterocycles. The van der Waals surface area contributed by atoms with Crippen molar-refractivity contribution in [2.45, 2.75) is 32.5 Å². The zero-order chi connectivity index (χ0) is 21.8. The van der Waals surface area contributed by atoms with Crippen molar-refractivity contribution in [1.82, 2.24) is 5.32 Å². The lowest BCUT2D eigenvalue weighted by molar-refractivity contribution is -0.121. The van der Waals surface area contributed by atoms with E-state index in [9.17, 15) is 9.18 Å². The Balaban J connectivity index is 1.48. The second kappa shape index (κ2) is 9.40. The van der Waals surface area contributed by atoms with Crippen LogP contribution in [0.5, 0.6) is 5.75 Å². The van der Waals surface area contributed by atoms with Crippen LogP contribution in [-0.4, -0.2) is 18.6 Å². The predicted molar refractivity (Wildman–Crippen MR) is 121 cm³/mol. The van der Waals surface area contributed by atoms with Crippen LogP contribution >= 0.6 is 11.6 Å². The molecule has 160 valence electrons. The van der Waals surface area contributed by atoms with Crippen molar-refractivity contribution in [3.63, 3.8) is 0 Å². The number of anilines is 1. The zero-order valence-electron chi connectivity index (χ0n) is 17.3. The van der Waals surface area contributed by atoms with Gasteiger partial charge >= 0.3 is 0 Å². The maximum Gasteiger partial charge on any atom is 0.222 e. The first-order chi connectivity index (χ1) is 15.0. The number of fused-ring (bicyclic) bond motifs is 1. The van der Waals surface area contributed by atoms with Gasteiger partial charge in [-0.2, -0.15) is 0 Å². The number of nitrogens with zero attached hydrogens (tertiary/aromatic N) is 1. The Morgan fingerprint density at radius 3 is 2.55 bits per heavy atom. The molecule has 0 saturated carbocycles. The number of carbonyl (C=O) groups is 1. The summed E-state index contributed by atoms with van der Waals surface area (Å²) < 4.78 is 19.5. The van der Waals surface area contributed by atoms with Crippen LogP contribution in [0.25, 0.3) is 0 Å². The van der Waals surface area contributed by atoms with Gasteiger partial charge in [0.25, 0.3) is 0 Å². The highest BCUT2D eigenvalue weighted by atomic mass is 35.5. The van der Waals surface area contributed by atoms with Crippen LogP contribution < -0.4 is 15.0 Å². The minimum absolute atomic E-state index is 0.0667. The number of carbonyl (C=O) groups excluding carboxylic acids is 1. The van der Waals surface area contributed by atoms with Crippen molar-refractivity contribution in [1.29, 1.82) is 0 Å². The van der Waals surface area contributed by atoms with E-state index in [1.807, 2.05) is 19.1 Å². The van der Waals surface area contributed by atoms with Crippen LogP contribution in [0.15, 0.2) is 66.7 Å². The molecule has 0 radical (unpaired) electrons. The molecule has 1 aliphatic rings. The molecular formula is C25H24ClFN2O2. The SMILES string of the molecule is Cc1ccc(CN2c3ccc(F)cc3OCC2CC(=O)NCc2ccc(Cl)cc2)cc1. The quantitative estimate of drug-likeness (QED) is 0.570. The number of amides is 1. The van der Waals surface area contributed by atoms with Gasteiger partial charge in [-0.25, -0.2) is 4.39 Å². The van der Waals surface area contributed by atoms with Gasteiger partial charge in [-0.05, 0) is 42.3 Å². The molecule has 1 heterocycles. The first-order valence-corrected chi connectivity index (χ1v) is 10.6. The molecule has 0 spiro atoms. The minimum atomic E-state index is -0.340.